The van der Waals surface area contributed by atoms with Gasteiger partial charge in [0.15, 0.2) is 0 Å². The number of piperidine rings is 1. The van der Waals surface area contributed by atoms with Crippen molar-refractivity contribution in [2.45, 2.75) is 51.5 Å². The second-order valence-corrected chi connectivity index (χ2v) is 5.78. The van der Waals surface area contributed by atoms with Gasteiger partial charge in [-0.2, -0.15) is 0 Å². The van der Waals surface area contributed by atoms with Crippen LogP contribution in [0.3, 0.4) is 0 Å². The maximum absolute atomic E-state index is 11.9. The highest BCUT2D eigenvalue weighted by Crippen LogP contribution is 2.19. The predicted molar refractivity (Wildman–Crippen MR) is 85.2 cm³/mol. The summed E-state index contributed by atoms with van der Waals surface area (Å²) in [5, 5.41) is 0. The summed E-state index contributed by atoms with van der Waals surface area (Å²) in [4.78, 5) is 14.3. The summed E-state index contributed by atoms with van der Waals surface area (Å²) < 4.78 is 5.15. The number of ether oxygens (including phenoxy) is 1. The summed E-state index contributed by atoms with van der Waals surface area (Å²) in [7, 11) is 0. The van der Waals surface area contributed by atoms with E-state index < -0.39 is 0 Å². The highest BCUT2D eigenvalue weighted by molar-refractivity contribution is 5.70. The number of aryl methyl sites for hydroxylation is 1. The largest absolute Gasteiger partial charge is 0.466 e. The van der Waals surface area contributed by atoms with Gasteiger partial charge in [0.05, 0.1) is 13.0 Å². The Hall–Kier alpha value is -1.35. The van der Waals surface area contributed by atoms with Crippen molar-refractivity contribution in [3.8, 4) is 0 Å². The van der Waals surface area contributed by atoms with Gasteiger partial charge in [-0.05, 0) is 51.3 Å². The summed E-state index contributed by atoms with van der Waals surface area (Å²) in [6.45, 7) is 4.60. The van der Waals surface area contributed by atoms with Crippen LogP contribution in [0.25, 0.3) is 0 Å². The molecule has 1 aromatic rings. The zero-order chi connectivity index (χ0) is 14.9. The van der Waals surface area contributed by atoms with Crippen LogP contribution in [0, 0.1) is 0 Å². The fraction of sp³-hybridized carbons (Fsp3) is 0.611. The number of likely N-dealkylation sites (tertiary alicyclic amines) is 1. The minimum absolute atomic E-state index is 0.0545. The van der Waals surface area contributed by atoms with Crippen molar-refractivity contribution >= 4 is 5.97 Å². The molecule has 1 unspecified atom stereocenters. The van der Waals surface area contributed by atoms with E-state index in [0.717, 1.165) is 25.9 Å². The van der Waals surface area contributed by atoms with E-state index in [1.54, 1.807) is 0 Å². The van der Waals surface area contributed by atoms with Crippen molar-refractivity contribution in [2.24, 2.45) is 0 Å². The quantitative estimate of drug-likeness (QED) is 0.720. The fourth-order valence-corrected chi connectivity index (χ4v) is 3.09. The highest BCUT2D eigenvalue weighted by Gasteiger charge is 2.23. The first-order valence-corrected chi connectivity index (χ1v) is 8.23. The second kappa shape index (κ2) is 8.83. The lowest BCUT2D eigenvalue weighted by Gasteiger charge is -2.34. The lowest BCUT2D eigenvalue weighted by molar-refractivity contribution is -0.144. The molecular weight excluding hydrogens is 262 g/mol. The van der Waals surface area contributed by atoms with Gasteiger partial charge in [0, 0.05) is 6.04 Å². The molecule has 21 heavy (non-hydrogen) atoms. The first-order chi connectivity index (χ1) is 10.3. The Morgan fingerprint density at radius 3 is 2.57 bits per heavy atom. The fourth-order valence-electron chi connectivity index (χ4n) is 3.09. The first-order valence-electron chi connectivity index (χ1n) is 8.23. The summed E-state index contributed by atoms with van der Waals surface area (Å²) >= 11 is 0. The third-order valence-corrected chi connectivity index (χ3v) is 4.22. The van der Waals surface area contributed by atoms with Crippen LogP contribution in [0.2, 0.25) is 0 Å². The number of nitrogens with zero attached hydrogens (tertiary/aromatic N) is 1. The SMILES string of the molecule is CCOC(=O)CC(CCc1ccccc1)N1CCCCC1. The summed E-state index contributed by atoms with van der Waals surface area (Å²) in [6.07, 6.45) is 6.42. The number of carbonyl (C=O) groups excluding carboxylic acids is 1. The normalized spacial score (nSPS) is 17.4. The molecule has 1 aromatic carbocycles. The Balaban J connectivity index is 1.92. The Labute approximate surface area is 128 Å². The third kappa shape index (κ3) is 5.50. The monoisotopic (exact) mass is 289 g/mol. The van der Waals surface area contributed by atoms with Crippen LogP contribution in [0.15, 0.2) is 30.3 Å². The van der Waals surface area contributed by atoms with E-state index in [9.17, 15) is 4.79 Å². The average Bonchev–Trinajstić information content (AvgIpc) is 2.53. The Morgan fingerprint density at radius 2 is 1.90 bits per heavy atom. The molecule has 1 saturated heterocycles. The Kier molecular flexibility index (Phi) is 6.74. The molecule has 0 aliphatic carbocycles. The van der Waals surface area contributed by atoms with Gasteiger partial charge >= 0.3 is 5.97 Å². The molecule has 1 heterocycles. The van der Waals surface area contributed by atoms with Crippen LogP contribution in [-0.2, 0) is 16.0 Å². The summed E-state index contributed by atoms with van der Waals surface area (Å²) in [5.41, 5.74) is 1.35. The molecule has 0 N–H and O–H groups in total. The average molecular weight is 289 g/mol. The lowest BCUT2D eigenvalue weighted by Crippen LogP contribution is -2.41. The topological polar surface area (TPSA) is 29.5 Å². The molecule has 1 fully saturated rings. The number of benzene rings is 1. The highest BCUT2D eigenvalue weighted by atomic mass is 16.5. The molecular formula is C18H27NO2. The van der Waals surface area contributed by atoms with Crippen LogP contribution >= 0.6 is 0 Å². The van der Waals surface area contributed by atoms with Gasteiger partial charge in [-0.3, -0.25) is 9.69 Å². The predicted octanol–water partition coefficient (Wildman–Crippen LogP) is 3.43. The number of hydrogen-bond donors (Lipinski definition) is 0. The van der Waals surface area contributed by atoms with E-state index in [2.05, 4.69) is 29.2 Å². The zero-order valence-electron chi connectivity index (χ0n) is 13.1. The van der Waals surface area contributed by atoms with Gasteiger partial charge in [0.25, 0.3) is 0 Å². The molecule has 0 bridgehead atoms. The van der Waals surface area contributed by atoms with E-state index in [0.29, 0.717) is 19.1 Å². The molecule has 1 aliphatic heterocycles. The summed E-state index contributed by atoms with van der Waals surface area (Å²) in [6, 6.07) is 10.9. The molecule has 1 atom stereocenters. The van der Waals surface area contributed by atoms with Crippen molar-refractivity contribution in [1.82, 2.24) is 4.90 Å². The van der Waals surface area contributed by atoms with E-state index >= 15 is 0 Å². The Morgan fingerprint density at radius 1 is 1.19 bits per heavy atom. The number of hydrogen-bond acceptors (Lipinski definition) is 3. The molecule has 1 aliphatic rings. The number of rotatable bonds is 7. The minimum atomic E-state index is -0.0545. The molecule has 0 spiro atoms. The molecule has 0 saturated carbocycles. The van der Waals surface area contributed by atoms with Crippen molar-refractivity contribution in [2.75, 3.05) is 19.7 Å². The molecule has 116 valence electrons. The Bertz CT molecular complexity index is 412. The van der Waals surface area contributed by atoms with Crippen LogP contribution < -0.4 is 0 Å². The maximum Gasteiger partial charge on any atom is 0.307 e. The van der Waals surface area contributed by atoms with Gasteiger partial charge in [-0.15, -0.1) is 0 Å². The van der Waals surface area contributed by atoms with Crippen LogP contribution in [0.4, 0.5) is 0 Å². The zero-order valence-corrected chi connectivity index (χ0v) is 13.1. The van der Waals surface area contributed by atoms with Crippen LogP contribution in [0.1, 0.15) is 44.6 Å². The smallest absolute Gasteiger partial charge is 0.307 e. The van der Waals surface area contributed by atoms with Gasteiger partial charge in [0.1, 0.15) is 0 Å². The second-order valence-electron chi connectivity index (χ2n) is 5.78. The van der Waals surface area contributed by atoms with Gasteiger partial charge in [0.2, 0.25) is 0 Å². The van der Waals surface area contributed by atoms with Gasteiger partial charge in [-0.25, -0.2) is 0 Å². The van der Waals surface area contributed by atoms with Crippen molar-refractivity contribution in [3.05, 3.63) is 35.9 Å². The van der Waals surface area contributed by atoms with Crippen molar-refractivity contribution in [1.29, 1.82) is 0 Å². The molecule has 3 nitrogen and oxygen atoms in total. The van der Waals surface area contributed by atoms with E-state index in [-0.39, 0.29) is 5.97 Å². The van der Waals surface area contributed by atoms with Crippen molar-refractivity contribution < 1.29 is 9.53 Å². The molecule has 0 radical (unpaired) electrons. The van der Waals surface area contributed by atoms with Crippen LogP contribution in [-0.4, -0.2) is 36.6 Å². The number of carbonyl (C=O) groups is 1. The van der Waals surface area contributed by atoms with E-state index in [1.807, 2.05) is 13.0 Å². The number of esters is 1. The first kappa shape index (κ1) is 16.0. The lowest BCUT2D eigenvalue weighted by atomic mass is 9.99. The molecule has 0 aromatic heterocycles. The van der Waals surface area contributed by atoms with Gasteiger partial charge in [-0.1, -0.05) is 36.8 Å². The molecule has 2 rings (SSSR count). The molecule has 3 heteroatoms. The minimum Gasteiger partial charge on any atom is -0.466 e. The maximum atomic E-state index is 11.9. The van der Waals surface area contributed by atoms with E-state index in [1.165, 1.54) is 24.8 Å². The van der Waals surface area contributed by atoms with Crippen LogP contribution in [0.5, 0.6) is 0 Å². The molecule has 0 amide bonds. The standard InChI is InChI=1S/C18H27NO2/c1-2-21-18(20)15-17(19-13-7-4-8-14-19)12-11-16-9-5-3-6-10-16/h3,5-6,9-10,17H,2,4,7-8,11-15H2,1H3. The van der Waals surface area contributed by atoms with Gasteiger partial charge < -0.3 is 4.74 Å². The summed E-state index contributed by atoms with van der Waals surface area (Å²) in [5.74, 6) is -0.0545. The van der Waals surface area contributed by atoms with Crippen molar-refractivity contribution in [3.63, 3.8) is 0 Å². The van der Waals surface area contributed by atoms with E-state index in [4.69, 9.17) is 4.74 Å². The third-order valence-electron chi connectivity index (χ3n) is 4.22.